The van der Waals surface area contributed by atoms with Crippen molar-refractivity contribution >= 4 is 17.6 Å². The molecule has 0 atom stereocenters. The van der Waals surface area contributed by atoms with Crippen LogP contribution in [0.25, 0.3) is 0 Å². The molecule has 0 fully saturated rings. The minimum Gasteiger partial charge on any atom is -0.481 e. The normalized spacial score (nSPS) is 14.9. The number of aliphatic carboxylic acids is 1. The van der Waals surface area contributed by atoms with E-state index in [0.717, 1.165) is 5.56 Å². The van der Waals surface area contributed by atoms with E-state index in [9.17, 15) is 4.79 Å². The Morgan fingerprint density at radius 1 is 1.05 bits per heavy atom. The van der Waals surface area contributed by atoms with Crippen molar-refractivity contribution < 1.29 is 19.4 Å². The van der Waals surface area contributed by atoms with Gasteiger partial charge in [-0.15, -0.1) is 0 Å². The number of fused-ring (bicyclic) bond motifs is 1. The van der Waals surface area contributed by atoms with Gasteiger partial charge in [0.15, 0.2) is 11.5 Å². The number of hydrogen-bond donors (Lipinski definition) is 1. The molecule has 1 N–H and O–H groups in total. The fourth-order valence-electron chi connectivity index (χ4n) is 2.33. The SMILES string of the molecule is O=C(O)CCC1(c2ccc(Cl)cc2)Oc2ccccc2O1. The van der Waals surface area contributed by atoms with Crippen LogP contribution in [-0.4, -0.2) is 11.1 Å². The lowest BCUT2D eigenvalue weighted by Crippen LogP contribution is -2.36. The first-order valence-electron chi connectivity index (χ1n) is 6.54. The number of rotatable bonds is 4. The van der Waals surface area contributed by atoms with Crippen molar-refractivity contribution in [1.82, 2.24) is 0 Å². The Balaban J connectivity index is 1.97. The summed E-state index contributed by atoms with van der Waals surface area (Å²) in [6.45, 7) is 0. The van der Waals surface area contributed by atoms with Crippen LogP contribution < -0.4 is 9.47 Å². The summed E-state index contributed by atoms with van der Waals surface area (Å²) >= 11 is 5.90. The van der Waals surface area contributed by atoms with Gasteiger partial charge in [-0.2, -0.15) is 0 Å². The summed E-state index contributed by atoms with van der Waals surface area (Å²) in [5.74, 6) is -0.797. The predicted octanol–water partition coefficient (Wildman–Crippen LogP) is 3.83. The first-order valence-corrected chi connectivity index (χ1v) is 6.92. The first kappa shape index (κ1) is 13.8. The molecule has 21 heavy (non-hydrogen) atoms. The van der Waals surface area contributed by atoms with E-state index in [2.05, 4.69) is 0 Å². The second-order valence-corrected chi connectivity index (χ2v) is 5.24. The fraction of sp³-hybridized carbons (Fsp3) is 0.188. The van der Waals surface area contributed by atoms with Gasteiger partial charge >= 0.3 is 5.97 Å². The molecule has 0 aromatic heterocycles. The minimum atomic E-state index is -1.12. The van der Waals surface area contributed by atoms with Crippen molar-refractivity contribution in [3.05, 3.63) is 59.1 Å². The van der Waals surface area contributed by atoms with Crippen molar-refractivity contribution in [3.63, 3.8) is 0 Å². The smallest absolute Gasteiger partial charge is 0.303 e. The van der Waals surface area contributed by atoms with Crippen molar-refractivity contribution in [3.8, 4) is 11.5 Å². The van der Waals surface area contributed by atoms with Crippen LogP contribution in [0.4, 0.5) is 0 Å². The second-order valence-electron chi connectivity index (χ2n) is 4.80. The number of benzene rings is 2. The summed E-state index contributed by atoms with van der Waals surface area (Å²) < 4.78 is 11.9. The molecule has 5 heteroatoms. The summed E-state index contributed by atoms with van der Waals surface area (Å²) in [5, 5.41) is 9.56. The van der Waals surface area contributed by atoms with Crippen LogP contribution in [0.5, 0.6) is 11.5 Å². The molecule has 4 nitrogen and oxygen atoms in total. The van der Waals surface area contributed by atoms with Crippen LogP contribution in [0.15, 0.2) is 48.5 Å². The molecule has 2 aromatic rings. The molecular formula is C16H13ClO4. The third kappa shape index (κ3) is 2.67. The van der Waals surface area contributed by atoms with Crippen LogP contribution in [0.2, 0.25) is 5.02 Å². The summed E-state index contributed by atoms with van der Waals surface area (Å²) in [7, 11) is 0. The maximum Gasteiger partial charge on any atom is 0.303 e. The van der Waals surface area contributed by atoms with Crippen LogP contribution in [0.3, 0.4) is 0 Å². The highest BCUT2D eigenvalue weighted by molar-refractivity contribution is 6.30. The molecule has 1 aliphatic rings. The van der Waals surface area contributed by atoms with Gasteiger partial charge in [-0.25, -0.2) is 0 Å². The van der Waals surface area contributed by atoms with Crippen molar-refractivity contribution in [2.75, 3.05) is 0 Å². The zero-order valence-electron chi connectivity index (χ0n) is 11.1. The van der Waals surface area contributed by atoms with E-state index in [1.54, 1.807) is 36.4 Å². The molecule has 0 bridgehead atoms. The molecule has 0 amide bonds. The number of halogens is 1. The Morgan fingerprint density at radius 2 is 1.62 bits per heavy atom. The third-order valence-corrected chi connectivity index (χ3v) is 3.60. The van der Waals surface area contributed by atoms with Crippen LogP contribution in [0, 0.1) is 0 Å². The van der Waals surface area contributed by atoms with E-state index >= 15 is 0 Å². The maximum atomic E-state index is 10.9. The lowest BCUT2D eigenvalue weighted by atomic mass is 10.0. The summed E-state index contributed by atoms with van der Waals surface area (Å²) in [6, 6.07) is 14.3. The Bertz CT molecular complexity index is 641. The topological polar surface area (TPSA) is 55.8 Å². The molecule has 3 rings (SSSR count). The highest BCUT2D eigenvalue weighted by Gasteiger charge is 2.43. The number of carboxylic acids is 1. The summed E-state index contributed by atoms with van der Waals surface area (Å²) in [4.78, 5) is 10.9. The molecule has 0 aliphatic carbocycles. The second kappa shape index (κ2) is 5.30. The van der Waals surface area contributed by atoms with Gasteiger partial charge in [-0.1, -0.05) is 23.7 Å². The molecule has 2 aromatic carbocycles. The lowest BCUT2D eigenvalue weighted by Gasteiger charge is -2.27. The number of hydrogen-bond acceptors (Lipinski definition) is 3. The third-order valence-electron chi connectivity index (χ3n) is 3.35. The Morgan fingerprint density at radius 3 is 2.14 bits per heavy atom. The first-order chi connectivity index (χ1) is 10.1. The number of carboxylic acid groups (broad SMARTS) is 1. The minimum absolute atomic E-state index is 0.0589. The highest BCUT2D eigenvalue weighted by atomic mass is 35.5. The highest BCUT2D eigenvalue weighted by Crippen LogP contribution is 2.46. The van der Waals surface area contributed by atoms with Gasteiger partial charge in [-0.3, -0.25) is 4.79 Å². The maximum absolute atomic E-state index is 10.9. The molecule has 0 saturated heterocycles. The Hall–Kier alpha value is -2.20. The van der Waals surface area contributed by atoms with Crippen LogP contribution in [0.1, 0.15) is 18.4 Å². The van der Waals surface area contributed by atoms with Crippen LogP contribution in [-0.2, 0) is 10.6 Å². The molecule has 0 unspecified atom stereocenters. The molecule has 0 saturated carbocycles. The molecule has 1 heterocycles. The summed E-state index contributed by atoms with van der Waals surface area (Å²) in [6.07, 6.45) is 0.148. The Labute approximate surface area is 126 Å². The monoisotopic (exact) mass is 304 g/mol. The van der Waals surface area contributed by atoms with Crippen molar-refractivity contribution in [1.29, 1.82) is 0 Å². The molecule has 108 valence electrons. The Kier molecular flexibility index (Phi) is 3.47. The van der Waals surface area contributed by atoms with Gasteiger partial charge in [0.1, 0.15) is 0 Å². The average molecular weight is 305 g/mol. The van der Waals surface area contributed by atoms with Gasteiger partial charge < -0.3 is 14.6 Å². The largest absolute Gasteiger partial charge is 0.481 e. The van der Waals surface area contributed by atoms with E-state index in [-0.39, 0.29) is 12.8 Å². The number of para-hydroxylation sites is 2. The van der Waals surface area contributed by atoms with E-state index < -0.39 is 11.8 Å². The number of carbonyl (C=O) groups is 1. The zero-order valence-corrected chi connectivity index (χ0v) is 11.8. The predicted molar refractivity (Wildman–Crippen MR) is 77.7 cm³/mol. The molecule has 1 aliphatic heterocycles. The van der Waals surface area contributed by atoms with Gasteiger partial charge in [0.05, 0.1) is 6.42 Å². The van der Waals surface area contributed by atoms with E-state index in [1.165, 1.54) is 0 Å². The molecule has 0 spiro atoms. The van der Waals surface area contributed by atoms with E-state index in [0.29, 0.717) is 16.5 Å². The molecule has 0 radical (unpaired) electrons. The standard InChI is InChI=1S/C16H13ClO4/c17-12-7-5-11(6-8-12)16(10-9-15(18)19)20-13-3-1-2-4-14(13)21-16/h1-8H,9-10H2,(H,18,19). The van der Waals surface area contributed by atoms with Crippen molar-refractivity contribution in [2.45, 2.75) is 18.6 Å². The lowest BCUT2D eigenvalue weighted by molar-refractivity contribution is -0.142. The summed E-state index contributed by atoms with van der Waals surface area (Å²) in [5.41, 5.74) is 0.740. The van der Waals surface area contributed by atoms with Gasteiger partial charge in [0.25, 0.3) is 5.79 Å². The fourth-order valence-corrected chi connectivity index (χ4v) is 2.46. The van der Waals surface area contributed by atoms with E-state index in [4.69, 9.17) is 26.2 Å². The quantitative estimate of drug-likeness (QED) is 0.932. The number of ether oxygens (including phenoxy) is 2. The van der Waals surface area contributed by atoms with Gasteiger partial charge in [0.2, 0.25) is 0 Å². The van der Waals surface area contributed by atoms with E-state index in [1.807, 2.05) is 12.1 Å². The van der Waals surface area contributed by atoms with Crippen molar-refractivity contribution in [2.24, 2.45) is 0 Å². The van der Waals surface area contributed by atoms with Crippen LogP contribution >= 0.6 is 11.6 Å². The van der Waals surface area contributed by atoms with Gasteiger partial charge in [0, 0.05) is 17.0 Å². The molecular weight excluding hydrogens is 292 g/mol. The van der Waals surface area contributed by atoms with Gasteiger partial charge in [-0.05, 0) is 36.4 Å². The zero-order chi connectivity index (χ0) is 14.9. The average Bonchev–Trinajstić information content (AvgIpc) is 2.85.